The molecule has 0 radical (unpaired) electrons. The van der Waals surface area contributed by atoms with Crippen LogP contribution in [0.5, 0.6) is 0 Å². The summed E-state index contributed by atoms with van der Waals surface area (Å²) in [6, 6.07) is 21.4. The van der Waals surface area contributed by atoms with Crippen molar-refractivity contribution in [1.29, 1.82) is 0 Å². The molecule has 0 aromatic heterocycles. The molecule has 0 fully saturated rings. The Morgan fingerprint density at radius 3 is 1.61 bits per heavy atom. The largest absolute Gasteiger partial charge is 0.379 e. The molecule has 0 bridgehead atoms. The van der Waals surface area contributed by atoms with Gasteiger partial charge in [0, 0.05) is 0 Å². The van der Waals surface area contributed by atoms with Crippen LogP contribution in [0.15, 0.2) is 77.7 Å². The molecule has 0 unspecified atom stereocenters. The van der Waals surface area contributed by atoms with E-state index in [-0.39, 0.29) is 10.8 Å². The first-order valence-corrected chi connectivity index (χ1v) is 12.0. The highest BCUT2D eigenvalue weighted by atomic mass is 32.2. The Labute approximate surface area is 186 Å². The summed E-state index contributed by atoms with van der Waals surface area (Å²) in [5, 5.41) is 12.2. The van der Waals surface area contributed by atoms with Crippen molar-refractivity contribution in [2.24, 2.45) is 5.92 Å². The summed E-state index contributed by atoms with van der Waals surface area (Å²) in [5.41, 5.74) is 2.13. The lowest BCUT2D eigenvalue weighted by atomic mass is 9.76. The minimum Gasteiger partial charge on any atom is -0.379 e. The van der Waals surface area contributed by atoms with Gasteiger partial charge in [0.05, 0.1) is 10.9 Å². The molecule has 3 rings (SSSR count). The molecular weight excluding hydrogens is 406 g/mol. The van der Waals surface area contributed by atoms with Crippen molar-refractivity contribution in [3.8, 4) is 0 Å². The number of hydrogen-bond donors (Lipinski definition) is 2. The van der Waals surface area contributed by atoms with Crippen molar-refractivity contribution >= 4 is 10.0 Å². The summed E-state index contributed by atoms with van der Waals surface area (Å²) >= 11 is 0. The van der Waals surface area contributed by atoms with Gasteiger partial charge in [-0.2, -0.15) is 0 Å². The average molecular weight is 438 g/mol. The maximum absolute atomic E-state index is 13.6. The van der Waals surface area contributed by atoms with Crippen molar-refractivity contribution in [3.05, 3.63) is 101 Å². The van der Waals surface area contributed by atoms with E-state index in [1.54, 1.807) is 13.8 Å². The zero-order valence-corrected chi connectivity index (χ0v) is 19.6. The lowest BCUT2D eigenvalue weighted by molar-refractivity contribution is 0.0284. The van der Waals surface area contributed by atoms with Crippen LogP contribution in [-0.4, -0.2) is 19.6 Å². The van der Waals surface area contributed by atoms with Gasteiger partial charge in [-0.3, -0.25) is 0 Å². The molecule has 0 saturated carbocycles. The molecule has 0 aliphatic carbocycles. The van der Waals surface area contributed by atoms with E-state index in [2.05, 4.69) is 4.72 Å². The maximum Gasteiger partial charge on any atom is 0.241 e. The SMILES string of the molecule is Cc1cc(C)c(S(=O)(=O)N[C@@H](C(C)C)C(O)(c2ccccc2)c2ccccc2)c(C)c1. The minimum absolute atomic E-state index is 0.189. The smallest absolute Gasteiger partial charge is 0.241 e. The van der Waals surface area contributed by atoms with Gasteiger partial charge in [-0.05, 0) is 48.9 Å². The van der Waals surface area contributed by atoms with E-state index in [0.29, 0.717) is 22.3 Å². The quantitative estimate of drug-likeness (QED) is 0.555. The van der Waals surface area contributed by atoms with E-state index < -0.39 is 21.7 Å². The summed E-state index contributed by atoms with van der Waals surface area (Å²) in [6.07, 6.45) is 0. The highest BCUT2D eigenvalue weighted by molar-refractivity contribution is 7.89. The lowest BCUT2D eigenvalue weighted by Gasteiger charge is -2.40. The lowest BCUT2D eigenvalue weighted by Crippen LogP contribution is -2.54. The molecule has 0 aliphatic heterocycles. The average Bonchev–Trinajstić information content (AvgIpc) is 2.71. The fourth-order valence-electron chi connectivity index (χ4n) is 4.43. The molecule has 5 heteroatoms. The van der Waals surface area contributed by atoms with Crippen LogP contribution in [0.1, 0.15) is 41.7 Å². The molecule has 0 amide bonds. The predicted octanol–water partition coefficient (Wildman–Crippen LogP) is 4.85. The molecule has 0 spiro atoms. The van der Waals surface area contributed by atoms with Crippen LogP contribution in [0.2, 0.25) is 0 Å². The van der Waals surface area contributed by atoms with Crippen LogP contribution in [0.3, 0.4) is 0 Å². The number of nitrogens with one attached hydrogen (secondary N) is 1. The molecule has 1 atom stereocenters. The van der Waals surface area contributed by atoms with Gasteiger partial charge in [0.15, 0.2) is 0 Å². The van der Waals surface area contributed by atoms with Crippen molar-refractivity contribution in [3.63, 3.8) is 0 Å². The number of benzene rings is 3. The fraction of sp³-hybridized carbons (Fsp3) is 0.308. The molecule has 0 heterocycles. The number of sulfonamides is 1. The molecular formula is C26H31NO3S. The molecule has 3 aromatic carbocycles. The van der Waals surface area contributed by atoms with Gasteiger partial charge in [-0.25, -0.2) is 13.1 Å². The first kappa shape index (κ1) is 23.2. The number of hydrogen-bond acceptors (Lipinski definition) is 3. The third-order valence-electron chi connectivity index (χ3n) is 5.70. The topological polar surface area (TPSA) is 66.4 Å². The Balaban J connectivity index is 2.18. The van der Waals surface area contributed by atoms with Gasteiger partial charge >= 0.3 is 0 Å². The van der Waals surface area contributed by atoms with Crippen molar-refractivity contribution in [2.45, 2.75) is 51.2 Å². The number of aryl methyl sites for hydroxylation is 3. The zero-order chi connectivity index (χ0) is 22.8. The van der Waals surface area contributed by atoms with E-state index in [0.717, 1.165) is 5.56 Å². The van der Waals surface area contributed by atoms with E-state index in [9.17, 15) is 13.5 Å². The highest BCUT2D eigenvalue weighted by Gasteiger charge is 2.44. The second-order valence-corrected chi connectivity index (χ2v) is 10.2. The van der Waals surface area contributed by atoms with Crippen LogP contribution >= 0.6 is 0 Å². The Hall–Kier alpha value is -2.47. The second kappa shape index (κ2) is 8.95. The van der Waals surface area contributed by atoms with E-state index in [4.69, 9.17) is 0 Å². The molecule has 0 aliphatic rings. The van der Waals surface area contributed by atoms with Crippen LogP contribution < -0.4 is 4.72 Å². The second-order valence-electron chi connectivity index (χ2n) is 8.57. The summed E-state index contributed by atoms with van der Waals surface area (Å²) in [7, 11) is -3.89. The van der Waals surface area contributed by atoms with Crippen LogP contribution in [-0.2, 0) is 15.6 Å². The fourth-order valence-corrected chi connectivity index (χ4v) is 6.29. The van der Waals surface area contributed by atoms with Crippen LogP contribution in [0.4, 0.5) is 0 Å². The summed E-state index contributed by atoms with van der Waals surface area (Å²) < 4.78 is 30.0. The van der Waals surface area contributed by atoms with E-state index in [1.807, 2.05) is 93.6 Å². The predicted molar refractivity (Wildman–Crippen MR) is 125 cm³/mol. The minimum atomic E-state index is -3.89. The molecule has 3 aromatic rings. The Morgan fingerprint density at radius 2 is 1.23 bits per heavy atom. The van der Waals surface area contributed by atoms with Crippen LogP contribution in [0.25, 0.3) is 0 Å². The van der Waals surface area contributed by atoms with Gasteiger partial charge in [0.25, 0.3) is 0 Å². The Kier molecular flexibility index (Phi) is 6.70. The first-order chi connectivity index (χ1) is 14.6. The van der Waals surface area contributed by atoms with Gasteiger partial charge < -0.3 is 5.11 Å². The highest BCUT2D eigenvalue weighted by Crippen LogP contribution is 2.37. The Morgan fingerprint density at radius 1 is 0.806 bits per heavy atom. The third-order valence-corrected chi connectivity index (χ3v) is 7.45. The van der Waals surface area contributed by atoms with Crippen molar-refractivity contribution in [2.75, 3.05) is 0 Å². The Bertz CT molecular complexity index is 1080. The van der Waals surface area contributed by atoms with Gasteiger partial charge in [-0.1, -0.05) is 92.2 Å². The van der Waals surface area contributed by atoms with E-state index in [1.165, 1.54) is 0 Å². The van der Waals surface area contributed by atoms with E-state index >= 15 is 0 Å². The number of rotatable bonds is 7. The summed E-state index contributed by atoms with van der Waals surface area (Å²) in [6.45, 7) is 9.39. The standard InChI is InChI=1S/C26H31NO3S/c1-18(2)25(27-31(29,30)24-20(4)16-19(3)17-21(24)5)26(28,22-12-8-6-9-13-22)23-14-10-7-11-15-23/h6-18,25,27-28H,1-5H3/t25-/m0/s1. The molecule has 164 valence electrons. The van der Waals surface area contributed by atoms with Gasteiger partial charge in [-0.15, -0.1) is 0 Å². The monoisotopic (exact) mass is 437 g/mol. The van der Waals surface area contributed by atoms with Crippen molar-refractivity contribution < 1.29 is 13.5 Å². The van der Waals surface area contributed by atoms with Crippen LogP contribution in [0, 0.1) is 26.7 Å². The van der Waals surface area contributed by atoms with Gasteiger partial charge in [0.1, 0.15) is 5.60 Å². The normalized spacial score (nSPS) is 13.4. The third kappa shape index (κ3) is 4.59. The first-order valence-electron chi connectivity index (χ1n) is 10.5. The summed E-state index contributed by atoms with van der Waals surface area (Å²) in [5.74, 6) is -0.189. The van der Waals surface area contributed by atoms with Crippen molar-refractivity contribution in [1.82, 2.24) is 4.72 Å². The maximum atomic E-state index is 13.6. The number of aliphatic hydroxyl groups is 1. The molecule has 4 nitrogen and oxygen atoms in total. The van der Waals surface area contributed by atoms with Gasteiger partial charge in [0.2, 0.25) is 10.0 Å². The molecule has 0 saturated heterocycles. The molecule has 2 N–H and O–H groups in total. The summed E-state index contributed by atoms with van der Waals surface area (Å²) in [4.78, 5) is 0.271. The zero-order valence-electron chi connectivity index (χ0n) is 18.8. The molecule has 31 heavy (non-hydrogen) atoms.